The van der Waals surface area contributed by atoms with E-state index >= 15 is 0 Å². The van der Waals surface area contributed by atoms with Gasteiger partial charge in [0.2, 0.25) is 16.0 Å². The van der Waals surface area contributed by atoms with E-state index in [1.807, 2.05) is 51.2 Å². The summed E-state index contributed by atoms with van der Waals surface area (Å²) in [5, 5.41) is 0. The van der Waals surface area contributed by atoms with Crippen LogP contribution in [0, 0.1) is 13.8 Å². The number of nitrogens with zero attached hydrogens (tertiary/aromatic N) is 4. The van der Waals surface area contributed by atoms with Crippen LogP contribution in [0.1, 0.15) is 35.2 Å². The first-order valence-electron chi connectivity index (χ1n) is 9.98. The van der Waals surface area contributed by atoms with Crippen LogP contribution in [0.5, 0.6) is 0 Å². The van der Waals surface area contributed by atoms with Gasteiger partial charge in [-0.05, 0) is 55.9 Å². The number of hydrogen-bond acceptors (Lipinski definition) is 6. The third-order valence-electron chi connectivity index (χ3n) is 5.92. The molecule has 156 valence electrons. The molecule has 0 radical (unpaired) electrons. The average Bonchev–Trinajstić information content (AvgIpc) is 2.70. The highest BCUT2D eigenvalue weighted by atomic mass is 32.2. The maximum absolute atomic E-state index is 13.3. The number of benzene rings is 1. The van der Waals surface area contributed by atoms with Gasteiger partial charge in [-0.25, -0.2) is 18.4 Å². The summed E-state index contributed by atoms with van der Waals surface area (Å²) in [6.45, 7) is 5.20. The van der Waals surface area contributed by atoms with E-state index in [9.17, 15) is 8.42 Å². The van der Waals surface area contributed by atoms with Crippen LogP contribution < -0.4 is 4.90 Å². The Hall–Kier alpha value is -2.03. The molecule has 8 heteroatoms. The predicted molar refractivity (Wildman–Crippen MR) is 112 cm³/mol. The minimum atomic E-state index is -3.53. The van der Waals surface area contributed by atoms with Crippen molar-refractivity contribution in [2.24, 2.45) is 0 Å². The van der Waals surface area contributed by atoms with Crippen molar-refractivity contribution in [3.05, 3.63) is 46.8 Å². The van der Waals surface area contributed by atoms with Crippen LogP contribution in [0.15, 0.2) is 29.3 Å². The molecule has 2 aliphatic rings. The van der Waals surface area contributed by atoms with Crippen molar-refractivity contribution in [2.45, 2.75) is 43.6 Å². The second kappa shape index (κ2) is 7.34. The first-order valence-corrected chi connectivity index (χ1v) is 11.4. The number of aryl methyl sites for hydroxylation is 2. The molecule has 7 nitrogen and oxygen atoms in total. The molecular weight excluding hydrogens is 388 g/mol. The molecule has 0 saturated carbocycles. The number of ether oxygens (including phenoxy) is 1. The molecular formula is C21H28N4O3S. The summed E-state index contributed by atoms with van der Waals surface area (Å²) in [4.78, 5) is 11.5. The monoisotopic (exact) mass is 416 g/mol. The summed E-state index contributed by atoms with van der Waals surface area (Å²) in [5.74, 6) is 0.652. The van der Waals surface area contributed by atoms with E-state index in [2.05, 4.69) is 4.98 Å². The molecule has 1 fully saturated rings. The average molecular weight is 417 g/mol. The van der Waals surface area contributed by atoms with Crippen molar-refractivity contribution in [3.8, 4) is 0 Å². The van der Waals surface area contributed by atoms with E-state index in [0.29, 0.717) is 43.4 Å². The van der Waals surface area contributed by atoms with Gasteiger partial charge in [0.15, 0.2) is 0 Å². The largest absolute Gasteiger partial charge is 0.368 e. The lowest BCUT2D eigenvalue weighted by Crippen LogP contribution is -2.49. The maximum atomic E-state index is 13.3. The van der Waals surface area contributed by atoms with Crippen LogP contribution in [0.2, 0.25) is 0 Å². The Kier molecular flexibility index (Phi) is 5.13. The van der Waals surface area contributed by atoms with E-state index < -0.39 is 15.6 Å². The number of piperidine rings is 1. The molecule has 4 rings (SSSR count). The summed E-state index contributed by atoms with van der Waals surface area (Å²) in [5.41, 5.74) is 3.21. The molecule has 1 aromatic carbocycles. The SMILES string of the molecule is Cc1ccc(C)c(S(=O)(=O)N2CCC3(CC2)OCCc2cnc(N(C)C)nc23)c1. The van der Waals surface area contributed by atoms with Gasteiger partial charge in [0.1, 0.15) is 5.60 Å². The molecule has 1 aromatic heterocycles. The van der Waals surface area contributed by atoms with Crippen molar-refractivity contribution in [3.63, 3.8) is 0 Å². The molecule has 2 aromatic rings. The van der Waals surface area contributed by atoms with E-state index in [-0.39, 0.29) is 0 Å². The van der Waals surface area contributed by atoms with Crippen LogP contribution in [-0.4, -0.2) is 56.5 Å². The number of fused-ring (bicyclic) bond motifs is 2. The second-order valence-corrected chi connectivity index (χ2v) is 10.1. The fourth-order valence-electron chi connectivity index (χ4n) is 4.21. The summed E-state index contributed by atoms with van der Waals surface area (Å²) in [6.07, 6.45) is 3.86. The van der Waals surface area contributed by atoms with E-state index in [1.54, 1.807) is 10.4 Å². The summed E-state index contributed by atoms with van der Waals surface area (Å²) >= 11 is 0. The Morgan fingerprint density at radius 2 is 1.90 bits per heavy atom. The van der Waals surface area contributed by atoms with Crippen LogP contribution in [-0.2, 0) is 26.8 Å². The molecule has 0 N–H and O–H groups in total. The highest BCUT2D eigenvalue weighted by Crippen LogP contribution is 2.41. The summed E-state index contributed by atoms with van der Waals surface area (Å²) < 4.78 is 34.4. The third kappa shape index (κ3) is 3.53. The zero-order valence-corrected chi connectivity index (χ0v) is 18.3. The molecule has 0 amide bonds. The van der Waals surface area contributed by atoms with Crippen LogP contribution in [0.3, 0.4) is 0 Å². The van der Waals surface area contributed by atoms with E-state index in [0.717, 1.165) is 28.8 Å². The fourth-order valence-corrected chi connectivity index (χ4v) is 5.96. The lowest BCUT2D eigenvalue weighted by Gasteiger charge is -2.43. The van der Waals surface area contributed by atoms with Gasteiger partial charge in [-0.2, -0.15) is 4.31 Å². The van der Waals surface area contributed by atoms with Gasteiger partial charge in [0.25, 0.3) is 0 Å². The molecule has 1 saturated heterocycles. The lowest BCUT2D eigenvalue weighted by atomic mass is 9.84. The summed E-state index contributed by atoms with van der Waals surface area (Å²) in [6, 6.07) is 5.57. The Morgan fingerprint density at radius 1 is 1.17 bits per heavy atom. The number of hydrogen-bond donors (Lipinski definition) is 0. The zero-order chi connectivity index (χ0) is 20.8. The highest BCUT2D eigenvalue weighted by Gasteiger charge is 2.45. The molecule has 1 spiro atoms. The second-order valence-electron chi connectivity index (χ2n) is 8.20. The molecule has 3 heterocycles. The molecule has 0 aliphatic carbocycles. The van der Waals surface area contributed by atoms with Gasteiger partial charge >= 0.3 is 0 Å². The van der Waals surface area contributed by atoms with Crippen molar-refractivity contribution < 1.29 is 13.2 Å². The topological polar surface area (TPSA) is 75.6 Å². The van der Waals surface area contributed by atoms with Crippen LogP contribution in [0.25, 0.3) is 0 Å². The Balaban J connectivity index is 1.62. The van der Waals surface area contributed by atoms with Gasteiger partial charge in [-0.3, -0.25) is 0 Å². The van der Waals surface area contributed by atoms with E-state index in [1.165, 1.54) is 0 Å². The highest BCUT2D eigenvalue weighted by molar-refractivity contribution is 7.89. The molecule has 0 unspecified atom stereocenters. The van der Waals surface area contributed by atoms with Crippen LogP contribution >= 0.6 is 0 Å². The fraction of sp³-hybridized carbons (Fsp3) is 0.524. The smallest absolute Gasteiger partial charge is 0.243 e. The first kappa shape index (κ1) is 20.3. The first-order chi connectivity index (χ1) is 13.7. The van der Waals surface area contributed by atoms with Gasteiger partial charge < -0.3 is 9.64 Å². The van der Waals surface area contributed by atoms with Crippen molar-refractivity contribution in [1.82, 2.24) is 14.3 Å². The number of anilines is 1. The molecule has 29 heavy (non-hydrogen) atoms. The lowest BCUT2D eigenvalue weighted by molar-refractivity contribution is -0.0925. The third-order valence-corrected chi connectivity index (χ3v) is 7.97. The Labute approximate surface area is 172 Å². The molecule has 0 bridgehead atoms. The van der Waals surface area contributed by atoms with Crippen molar-refractivity contribution in [1.29, 1.82) is 0 Å². The van der Waals surface area contributed by atoms with Gasteiger partial charge in [0.05, 0.1) is 17.2 Å². The maximum Gasteiger partial charge on any atom is 0.243 e. The number of rotatable bonds is 3. The quantitative estimate of drug-likeness (QED) is 0.765. The number of sulfonamides is 1. The normalized spacial score (nSPS) is 19.2. The van der Waals surface area contributed by atoms with Crippen molar-refractivity contribution >= 4 is 16.0 Å². The zero-order valence-electron chi connectivity index (χ0n) is 17.5. The van der Waals surface area contributed by atoms with Crippen LogP contribution in [0.4, 0.5) is 5.95 Å². The minimum absolute atomic E-state index is 0.399. The Bertz CT molecular complexity index is 1030. The van der Waals surface area contributed by atoms with Gasteiger partial charge in [-0.1, -0.05) is 12.1 Å². The predicted octanol–water partition coefficient (Wildman–Crippen LogP) is 2.41. The Morgan fingerprint density at radius 3 is 2.59 bits per heavy atom. The summed E-state index contributed by atoms with van der Waals surface area (Å²) in [7, 11) is 0.296. The van der Waals surface area contributed by atoms with E-state index in [4.69, 9.17) is 9.72 Å². The van der Waals surface area contributed by atoms with Gasteiger partial charge in [0, 0.05) is 33.4 Å². The van der Waals surface area contributed by atoms with Crippen molar-refractivity contribution in [2.75, 3.05) is 38.7 Å². The van der Waals surface area contributed by atoms with Gasteiger partial charge in [-0.15, -0.1) is 0 Å². The number of aromatic nitrogens is 2. The standard InChI is InChI=1S/C21H28N4O3S/c1-15-5-6-16(2)18(13-15)29(26,27)25-10-8-21(9-11-25)19-17(7-12-28-21)14-22-20(23-19)24(3)4/h5-6,13-14H,7-12H2,1-4H3. The minimum Gasteiger partial charge on any atom is -0.368 e. The molecule has 2 aliphatic heterocycles. The molecule has 0 atom stereocenters.